The third kappa shape index (κ3) is 3.93. The summed E-state index contributed by atoms with van der Waals surface area (Å²) in [7, 11) is 1.66. The smallest absolute Gasteiger partial charge is 0.142 e. The molecular formula is C17H21NO2S. The molecule has 2 N–H and O–H groups in total. The van der Waals surface area contributed by atoms with Crippen molar-refractivity contribution < 1.29 is 9.47 Å². The summed E-state index contributed by atoms with van der Waals surface area (Å²) in [5, 5.41) is 0. The maximum Gasteiger partial charge on any atom is 0.142 e. The van der Waals surface area contributed by atoms with Gasteiger partial charge in [-0.25, -0.2) is 0 Å². The van der Waals surface area contributed by atoms with E-state index < -0.39 is 0 Å². The molecule has 0 amide bonds. The van der Waals surface area contributed by atoms with Gasteiger partial charge in [0, 0.05) is 16.5 Å². The minimum atomic E-state index is -0.249. The summed E-state index contributed by atoms with van der Waals surface area (Å²) >= 11 is 1.70. The first-order valence-electron chi connectivity index (χ1n) is 6.85. The van der Waals surface area contributed by atoms with Crippen molar-refractivity contribution in [3.63, 3.8) is 0 Å². The molecule has 2 aromatic carbocycles. The summed E-state index contributed by atoms with van der Waals surface area (Å²) in [4.78, 5) is 1.21. The van der Waals surface area contributed by atoms with Crippen LogP contribution in [0, 0.1) is 0 Å². The monoisotopic (exact) mass is 303 g/mol. The van der Waals surface area contributed by atoms with Crippen LogP contribution in [0.3, 0.4) is 0 Å². The highest BCUT2D eigenvalue weighted by atomic mass is 32.2. The maximum atomic E-state index is 6.11. The van der Waals surface area contributed by atoms with Gasteiger partial charge in [0.1, 0.15) is 17.6 Å². The largest absolute Gasteiger partial charge is 0.496 e. The fourth-order valence-corrected chi connectivity index (χ4v) is 2.56. The van der Waals surface area contributed by atoms with Crippen LogP contribution in [-0.2, 0) is 0 Å². The Morgan fingerprint density at radius 3 is 2.29 bits per heavy atom. The third-order valence-corrected chi connectivity index (χ3v) is 3.99. The van der Waals surface area contributed by atoms with Crippen LogP contribution < -0.4 is 15.2 Å². The Hall–Kier alpha value is -1.65. The Labute approximate surface area is 130 Å². The molecule has 0 aliphatic heterocycles. The van der Waals surface area contributed by atoms with E-state index in [0.717, 1.165) is 17.1 Å². The van der Waals surface area contributed by atoms with E-state index in [2.05, 4.69) is 6.26 Å². The van der Waals surface area contributed by atoms with E-state index in [4.69, 9.17) is 15.2 Å². The predicted octanol–water partition coefficient (Wildman–Crippen LogP) is 3.88. The maximum absolute atomic E-state index is 6.11. The van der Waals surface area contributed by atoms with Gasteiger partial charge in [0.05, 0.1) is 7.11 Å². The molecule has 2 unspecified atom stereocenters. The Balaban J connectivity index is 2.26. The zero-order valence-electron chi connectivity index (χ0n) is 12.6. The fourth-order valence-electron chi connectivity index (χ4n) is 2.16. The average molecular weight is 303 g/mol. The van der Waals surface area contributed by atoms with Crippen LogP contribution >= 0.6 is 11.8 Å². The number of hydrogen-bond acceptors (Lipinski definition) is 4. The normalized spacial score (nSPS) is 13.5. The first kappa shape index (κ1) is 15.7. The van der Waals surface area contributed by atoms with Gasteiger partial charge in [-0.3, -0.25) is 0 Å². The van der Waals surface area contributed by atoms with Crippen LogP contribution in [0.25, 0.3) is 0 Å². The molecule has 2 aromatic rings. The molecular weight excluding hydrogens is 282 g/mol. The Morgan fingerprint density at radius 2 is 1.71 bits per heavy atom. The lowest BCUT2D eigenvalue weighted by molar-refractivity contribution is 0.176. The van der Waals surface area contributed by atoms with Crippen LogP contribution in [0.4, 0.5) is 0 Å². The van der Waals surface area contributed by atoms with Crippen LogP contribution in [0.5, 0.6) is 11.5 Å². The second-order valence-corrected chi connectivity index (χ2v) is 5.69. The van der Waals surface area contributed by atoms with Crippen molar-refractivity contribution in [3.05, 3.63) is 54.1 Å². The first-order valence-corrected chi connectivity index (χ1v) is 8.07. The van der Waals surface area contributed by atoms with Gasteiger partial charge < -0.3 is 15.2 Å². The van der Waals surface area contributed by atoms with E-state index in [1.54, 1.807) is 18.9 Å². The van der Waals surface area contributed by atoms with Crippen LogP contribution in [0.15, 0.2) is 53.4 Å². The highest BCUT2D eigenvalue weighted by Gasteiger charge is 2.21. The Morgan fingerprint density at radius 1 is 1.05 bits per heavy atom. The first-order chi connectivity index (χ1) is 10.2. The highest BCUT2D eigenvalue weighted by molar-refractivity contribution is 7.98. The number of thioether (sulfide) groups is 1. The Bertz CT molecular complexity index is 569. The van der Waals surface area contributed by atoms with Crippen molar-refractivity contribution >= 4 is 11.8 Å². The number of benzene rings is 2. The minimum Gasteiger partial charge on any atom is -0.496 e. The second-order valence-electron chi connectivity index (χ2n) is 4.82. The van der Waals surface area contributed by atoms with Crippen molar-refractivity contribution in [2.45, 2.75) is 24.0 Å². The van der Waals surface area contributed by atoms with Gasteiger partial charge in [-0.2, -0.15) is 0 Å². The number of rotatable bonds is 6. The van der Waals surface area contributed by atoms with Gasteiger partial charge in [0.25, 0.3) is 0 Å². The molecule has 0 aliphatic rings. The van der Waals surface area contributed by atoms with Crippen LogP contribution in [0.2, 0.25) is 0 Å². The summed E-state index contributed by atoms with van der Waals surface area (Å²) in [5.41, 5.74) is 7.07. The number of nitrogens with two attached hydrogens (primary N) is 1. The molecule has 0 spiro atoms. The standard InChI is InChI=1S/C17H21NO2S/c1-12(18)17(15-6-4-5-7-16(15)19-2)20-13-8-10-14(21-3)11-9-13/h4-12,17H,18H2,1-3H3. The van der Waals surface area contributed by atoms with Crippen molar-refractivity contribution in [1.82, 2.24) is 0 Å². The third-order valence-electron chi connectivity index (χ3n) is 3.25. The molecule has 4 heteroatoms. The summed E-state index contributed by atoms with van der Waals surface area (Å²) in [5.74, 6) is 1.60. The molecule has 112 valence electrons. The van der Waals surface area contributed by atoms with Crippen LogP contribution in [0.1, 0.15) is 18.6 Å². The topological polar surface area (TPSA) is 44.5 Å². The molecule has 0 fully saturated rings. The van der Waals surface area contributed by atoms with Crippen molar-refractivity contribution in [2.75, 3.05) is 13.4 Å². The number of ether oxygens (including phenoxy) is 2. The second kappa shape index (κ2) is 7.38. The summed E-state index contributed by atoms with van der Waals surface area (Å²) in [6.07, 6.45) is 1.80. The van der Waals surface area contributed by atoms with Gasteiger partial charge >= 0.3 is 0 Å². The van der Waals surface area contributed by atoms with E-state index in [-0.39, 0.29) is 12.1 Å². The molecule has 0 aliphatic carbocycles. The van der Waals surface area contributed by atoms with E-state index in [0.29, 0.717) is 0 Å². The quantitative estimate of drug-likeness (QED) is 0.822. The molecule has 0 heterocycles. The predicted molar refractivity (Wildman–Crippen MR) is 88.2 cm³/mol. The number of methoxy groups -OCH3 is 1. The lowest BCUT2D eigenvalue weighted by atomic mass is 10.0. The number of para-hydroxylation sites is 1. The molecule has 0 saturated heterocycles. The summed E-state index contributed by atoms with van der Waals surface area (Å²) in [6.45, 7) is 1.94. The highest BCUT2D eigenvalue weighted by Crippen LogP contribution is 2.31. The number of hydrogen-bond donors (Lipinski definition) is 1. The Kier molecular flexibility index (Phi) is 5.53. The molecule has 3 nitrogen and oxygen atoms in total. The lowest BCUT2D eigenvalue weighted by Crippen LogP contribution is -2.29. The fraction of sp³-hybridized carbons (Fsp3) is 0.294. The van der Waals surface area contributed by atoms with Gasteiger partial charge in [0.2, 0.25) is 0 Å². The van der Waals surface area contributed by atoms with E-state index in [1.165, 1.54) is 4.90 Å². The average Bonchev–Trinajstić information content (AvgIpc) is 2.53. The van der Waals surface area contributed by atoms with Crippen molar-refractivity contribution in [2.24, 2.45) is 5.73 Å². The SMILES string of the molecule is COc1ccccc1C(Oc1ccc(SC)cc1)C(C)N. The molecule has 2 rings (SSSR count). The van der Waals surface area contributed by atoms with E-state index in [9.17, 15) is 0 Å². The molecule has 2 atom stereocenters. The molecule has 0 saturated carbocycles. The van der Waals surface area contributed by atoms with Crippen LogP contribution in [-0.4, -0.2) is 19.4 Å². The van der Waals surface area contributed by atoms with Gasteiger partial charge in [-0.05, 0) is 43.5 Å². The van der Waals surface area contributed by atoms with E-state index >= 15 is 0 Å². The summed E-state index contributed by atoms with van der Waals surface area (Å²) < 4.78 is 11.5. The van der Waals surface area contributed by atoms with Gasteiger partial charge in [-0.1, -0.05) is 18.2 Å². The zero-order valence-corrected chi connectivity index (χ0v) is 13.4. The molecule has 0 bridgehead atoms. The van der Waals surface area contributed by atoms with E-state index in [1.807, 2.05) is 55.5 Å². The lowest BCUT2D eigenvalue weighted by Gasteiger charge is -2.24. The molecule has 0 aromatic heterocycles. The zero-order chi connectivity index (χ0) is 15.2. The minimum absolute atomic E-state index is 0.151. The molecule has 21 heavy (non-hydrogen) atoms. The molecule has 0 radical (unpaired) electrons. The van der Waals surface area contributed by atoms with Crippen molar-refractivity contribution in [1.29, 1.82) is 0 Å². The van der Waals surface area contributed by atoms with Gasteiger partial charge in [-0.15, -0.1) is 11.8 Å². The van der Waals surface area contributed by atoms with Gasteiger partial charge in [0.15, 0.2) is 0 Å². The van der Waals surface area contributed by atoms with Crippen molar-refractivity contribution in [3.8, 4) is 11.5 Å². The summed E-state index contributed by atoms with van der Waals surface area (Å²) in [6, 6.07) is 15.7.